The van der Waals surface area contributed by atoms with Crippen LogP contribution in [0.1, 0.15) is 53.9 Å². The molecular formula is C24H34N6O4. The fourth-order valence-electron chi connectivity index (χ4n) is 5.47. The Bertz CT molecular complexity index is 956. The second-order valence-corrected chi connectivity index (χ2v) is 11.3. The largest absolute Gasteiger partial charge is 0.356 e. The summed E-state index contributed by atoms with van der Waals surface area (Å²) in [7, 11) is 0. The van der Waals surface area contributed by atoms with Crippen molar-refractivity contribution in [2.24, 2.45) is 28.6 Å². The number of carbonyl (C=O) groups excluding carboxylic acids is 4. The molecule has 1 saturated carbocycles. The third-order valence-corrected chi connectivity index (χ3v) is 7.57. The number of hydrogen-bond donors (Lipinski definition) is 3. The quantitative estimate of drug-likeness (QED) is 0.491. The molecule has 1 aliphatic carbocycles. The van der Waals surface area contributed by atoms with Crippen LogP contribution < -0.4 is 16.0 Å². The number of likely N-dealkylation sites (tertiary alicyclic amines) is 1. The van der Waals surface area contributed by atoms with E-state index < -0.39 is 35.4 Å². The van der Waals surface area contributed by atoms with Gasteiger partial charge < -0.3 is 20.9 Å². The Morgan fingerprint density at radius 2 is 1.91 bits per heavy atom. The Labute approximate surface area is 200 Å². The summed E-state index contributed by atoms with van der Waals surface area (Å²) < 4.78 is 0. The number of nitrogens with zero attached hydrogens (tertiary/aromatic N) is 3. The van der Waals surface area contributed by atoms with E-state index in [0.29, 0.717) is 19.5 Å². The van der Waals surface area contributed by atoms with Gasteiger partial charge in [-0.3, -0.25) is 19.2 Å². The number of carbonyl (C=O) groups is 4. The van der Waals surface area contributed by atoms with E-state index in [1.54, 1.807) is 6.07 Å². The molecule has 10 nitrogen and oxygen atoms in total. The minimum atomic E-state index is -0.904. The topological polar surface area (TPSA) is 155 Å². The van der Waals surface area contributed by atoms with Crippen molar-refractivity contribution in [3.63, 3.8) is 0 Å². The highest BCUT2D eigenvalue weighted by molar-refractivity contribution is 5.94. The molecule has 0 radical (unpaired) electrons. The van der Waals surface area contributed by atoms with Crippen LogP contribution in [-0.4, -0.2) is 59.7 Å². The van der Waals surface area contributed by atoms with E-state index in [4.69, 9.17) is 5.26 Å². The maximum absolute atomic E-state index is 13.6. The third kappa shape index (κ3) is 4.86. The second-order valence-electron chi connectivity index (χ2n) is 11.3. The zero-order valence-electron chi connectivity index (χ0n) is 20.5. The summed E-state index contributed by atoms with van der Waals surface area (Å²) in [5, 5.41) is 26.6. The van der Waals surface area contributed by atoms with Gasteiger partial charge in [-0.1, -0.05) is 34.6 Å². The van der Waals surface area contributed by atoms with Crippen molar-refractivity contribution in [1.82, 2.24) is 20.9 Å². The van der Waals surface area contributed by atoms with Gasteiger partial charge in [-0.25, -0.2) is 0 Å². The average Bonchev–Trinajstić information content (AvgIpc) is 3.11. The summed E-state index contributed by atoms with van der Waals surface area (Å²) >= 11 is 0. The third-order valence-electron chi connectivity index (χ3n) is 7.57. The lowest BCUT2D eigenvalue weighted by Crippen LogP contribution is -2.59. The van der Waals surface area contributed by atoms with Crippen LogP contribution >= 0.6 is 0 Å². The Kier molecular flexibility index (Phi) is 6.93. The van der Waals surface area contributed by atoms with Crippen LogP contribution in [0, 0.1) is 51.2 Å². The van der Waals surface area contributed by atoms with Gasteiger partial charge in [0.1, 0.15) is 24.5 Å². The molecule has 0 unspecified atom stereocenters. The highest BCUT2D eigenvalue weighted by Gasteiger charge is 2.69. The normalized spacial score (nSPS) is 28.6. The van der Waals surface area contributed by atoms with Crippen molar-refractivity contribution in [3.05, 3.63) is 0 Å². The minimum absolute atomic E-state index is 0.0546. The molecule has 2 heterocycles. The molecule has 10 heteroatoms. The van der Waals surface area contributed by atoms with Crippen molar-refractivity contribution >= 4 is 23.6 Å². The molecule has 3 rings (SSSR count). The lowest BCUT2D eigenvalue weighted by Gasteiger charge is -2.37. The Morgan fingerprint density at radius 3 is 2.44 bits per heavy atom. The molecule has 0 aromatic carbocycles. The first kappa shape index (κ1) is 25.5. The number of rotatable bonds is 7. The molecule has 6 atom stereocenters. The summed E-state index contributed by atoms with van der Waals surface area (Å²) in [6.07, 6.45) is 0.482. The van der Waals surface area contributed by atoms with Gasteiger partial charge in [0, 0.05) is 19.0 Å². The molecule has 4 amide bonds. The molecule has 3 N–H and O–H groups in total. The predicted molar refractivity (Wildman–Crippen MR) is 121 cm³/mol. The number of hydrogen-bond acceptors (Lipinski definition) is 6. The first-order chi connectivity index (χ1) is 15.8. The Balaban J connectivity index is 1.79. The van der Waals surface area contributed by atoms with Crippen LogP contribution in [-0.2, 0) is 19.2 Å². The van der Waals surface area contributed by atoms with Crippen LogP contribution in [0.25, 0.3) is 0 Å². The van der Waals surface area contributed by atoms with Gasteiger partial charge in [0.15, 0.2) is 0 Å². The summed E-state index contributed by atoms with van der Waals surface area (Å²) in [6, 6.07) is 1.36. The SMILES string of the molecule is CC(C)(C)[C@H](NC(=O)CC#N)C(=O)N1C[C@H]2[C@@H]([C@H]1C(=O)N[C@H](C#N)C[C@@H]1CCNC1=O)C2(C)C. The molecule has 2 saturated heterocycles. The van der Waals surface area contributed by atoms with E-state index in [2.05, 4.69) is 35.9 Å². The first-order valence-electron chi connectivity index (χ1n) is 11.8. The van der Waals surface area contributed by atoms with Crippen LogP contribution in [0.5, 0.6) is 0 Å². The number of amides is 4. The van der Waals surface area contributed by atoms with Crippen LogP contribution in [0.15, 0.2) is 0 Å². The molecule has 3 aliphatic rings. The van der Waals surface area contributed by atoms with Gasteiger partial charge in [0.25, 0.3) is 0 Å². The van der Waals surface area contributed by atoms with Crippen molar-refractivity contribution < 1.29 is 19.2 Å². The maximum Gasteiger partial charge on any atom is 0.246 e. The molecule has 2 aliphatic heterocycles. The molecule has 0 aromatic heterocycles. The molecule has 34 heavy (non-hydrogen) atoms. The van der Waals surface area contributed by atoms with Crippen molar-refractivity contribution in [3.8, 4) is 12.1 Å². The van der Waals surface area contributed by atoms with Gasteiger partial charge in [-0.05, 0) is 35.5 Å². The fourth-order valence-corrected chi connectivity index (χ4v) is 5.47. The first-order valence-corrected chi connectivity index (χ1v) is 11.8. The maximum atomic E-state index is 13.6. The van der Waals surface area contributed by atoms with E-state index in [1.165, 1.54) is 4.90 Å². The molecule has 184 valence electrons. The van der Waals surface area contributed by atoms with Gasteiger partial charge in [-0.15, -0.1) is 0 Å². The van der Waals surface area contributed by atoms with E-state index in [0.717, 1.165) is 0 Å². The number of nitriles is 2. The molecular weight excluding hydrogens is 436 g/mol. The standard InChI is InChI=1S/C24H34N6O4/c1-23(2,3)19(29-16(31)6-8-25)22(34)30-12-15-17(24(15,4)5)18(30)21(33)28-14(11-26)10-13-7-9-27-20(13)32/h13-15,17-19H,6-7,9-10,12H2,1-5H3,(H,27,32)(H,28,33)(H,29,31)/t13-,14-,15-,17-,18-,19+/m0/s1. The second kappa shape index (κ2) is 9.25. The van der Waals surface area contributed by atoms with Gasteiger partial charge in [-0.2, -0.15) is 10.5 Å². The fraction of sp³-hybridized carbons (Fsp3) is 0.750. The summed E-state index contributed by atoms with van der Waals surface area (Å²) in [5.74, 6) is -1.67. The van der Waals surface area contributed by atoms with E-state index in [1.807, 2.05) is 20.8 Å². The number of nitrogens with one attached hydrogen (secondary N) is 3. The highest BCUT2D eigenvalue weighted by Crippen LogP contribution is 2.65. The van der Waals surface area contributed by atoms with E-state index >= 15 is 0 Å². The monoisotopic (exact) mass is 470 g/mol. The van der Waals surface area contributed by atoms with Gasteiger partial charge in [0.05, 0.1) is 12.1 Å². The molecule has 3 fully saturated rings. The molecule has 0 bridgehead atoms. The Morgan fingerprint density at radius 1 is 1.24 bits per heavy atom. The zero-order chi connectivity index (χ0) is 25.4. The number of piperidine rings is 1. The Hall–Kier alpha value is -3.14. The highest BCUT2D eigenvalue weighted by atomic mass is 16.2. The van der Waals surface area contributed by atoms with E-state index in [9.17, 15) is 24.4 Å². The molecule has 0 spiro atoms. The number of fused-ring (bicyclic) bond motifs is 1. The zero-order valence-corrected chi connectivity index (χ0v) is 20.5. The van der Waals surface area contributed by atoms with E-state index in [-0.39, 0.29) is 47.8 Å². The van der Waals surface area contributed by atoms with Crippen LogP contribution in [0.3, 0.4) is 0 Å². The van der Waals surface area contributed by atoms with Crippen LogP contribution in [0.2, 0.25) is 0 Å². The van der Waals surface area contributed by atoms with Crippen molar-refractivity contribution in [2.75, 3.05) is 13.1 Å². The van der Waals surface area contributed by atoms with Gasteiger partial charge >= 0.3 is 0 Å². The minimum Gasteiger partial charge on any atom is -0.356 e. The summed E-state index contributed by atoms with van der Waals surface area (Å²) in [5.41, 5.74) is -0.760. The lowest BCUT2D eigenvalue weighted by atomic mass is 9.85. The van der Waals surface area contributed by atoms with Crippen molar-refractivity contribution in [1.29, 1.82) is 10.5 Å². The summed E-state index contributed by atoms with van der Waals surface area (Å²) in [6.45, 7) is 10.5. The van der Waals surface area contributed by atoms with Crippen LogP contribution in [0.4, 0.5) is 0 Å². The molecule has 0 aromatic rings. The predicted octanol–water partition coefficient (Wildman–Crippen LogP) is 0.449. The lowest BCUT2D eigenvalue weighted by molar-refractivity contribution is -0.145. The van der Waals surface area contributed by atoms with Gasteiger partial charge in [0.2, 0.25) is 23.6 Å². The average molecular weight is 471 g/mol. The smallest absolute Gasteiger partial charge is 0.246 e. The summed E-state index contributed by atoms with van der Waals surface area (Å²) in [4.78, 5) is 52.6. The van der Waals surface area contributed by atoms with Crippen molar-refractivity contribution in [2.45, 2.75) is 72.0 Å².